The first-order valence-electron chi connectivity index (χ1n) is 7.99. The van der Waals surface area contributed by atoms with Gasteiger partial charge in [-0.1, -0.05) is 44.2 Å². The summed E-state index contributed by atoms with van der Waals surface area (Å²) in [5, 5.41) is 17.5. The molecule has 1 aliphatic rings. The van der Waals surface area contributed by atoms with Crippen molar-refractivity contribution < 1.29 is 5.11 Å². The minimum Gasteiger partial charge on any atom is -0.388 e. The van der Waals surface area contributed by atoms with E-state index >= 15 is 0 Å². The highest BCUT2D eigenvalue weighted by Crippen LogP contribution is 2.54. The standard InChI is InChI=1S/C18H24N2OS/c1-13(2)17-20-15(11-22-17)10-19-12-18(8-9-18)16(21)14-6-4-3-5-7-14/h3-7,11,13,16,19,21H,8-10,12H2,1-2H3. The van der Waals surface area contributed by atoms with Crippen molar-refractivity contribution in [1.82, 2.24) is 10.3 Å². The van der Waals surface area contributed by atoms with Gasteiger partial charge in [0.1, 0.15) is 0 Å². The maximum Gasteiger partial charge on any atom is 0.0954 e. The molecule has 1 aromatic heterocycles. The van der Waals surface area contributed by atoms with Crippen LogP contribution in [-0.4, -0.2) is 16.6 Å². The number of rotatable bonds is 7. The molecule has 3 rings (SSSR count). The van der Waals surface area contributed by atoms with E-state index in [0.29, 0.717) is 5.92 Å². The SMILES string of the molecule is CC(C)c1nc(CNCC2(C(O)c3ccccc3)CC2)cs1. The molecule has 2 aromatic rings. The fraction of sp³-hybridized carbons (Fsp3) is 0.500. The number of hydrogen-bond donors (Lipinski definition) is 2. The van der Waals surface area contributed by atoms with Gasteiger partial charge in [0.2, 0.25) is 0 Å². The topological polar surface area (TPSA) is 45.2 Å². The van der Waals surface area contributed by atoms with Crippen molar-refractivity contribution in [2.24, 2.45) is 5.41 Å². The monoisotopic (exact) mass is 316 g/mol. The molecule has 1 heterocycles. The molecule has 2 N–H and O–H groups in total. The van der Waals surface area contributed by atoms with E-state index < -0.39 is 0 Å². The number of thiazole rings is 1. The van der Waals surface area contributed by atoms with Crippen LogP contribution in [0.1, 0.15) is 55.0 Å². The smallest absolute Gasteiger partial charge is 0.0954 e. The molecule has 1 saturated carbocycles. The Balaban J connectivity index is 1.54. The third-order valence-corrected chi connectivity index (χ3v) is 5.63. The molecule has 22 heavy (non-hydrogen) atoms. The summed E-state index contributed by atoms with van der Waals surface area (Å²) in [5.74, 6) is 0.494. The number of aliphatic hydroxyl groups is 1. The number of aromatic nitrogens is 1. The summed E-state index contributed by atoms with van der Waals surface area (Å²) in [5.41, 5.74) is 2.15. The third-order valence-electron chi connectivity index (χ3n) is 4.43. The van der Waals surface area contributed by atoms with Gasteiger partial charge >= 0.3 is 0 Å². The van der Waals surface area contributed by atoms with Gasteiger partial charge < -0.3 is 10.4 Å². The summed E-state index contributed by atoms with van der Waals surface area (Å²) in [7, 11) is 0. The van der Waals surface area contributed by atoms with Gasteiger partial charge in [-0.25, -0.2) is 4.98 Å². The van der Waals surface area contributed by atoms with Crippen LogP contribution in [0.5, 0.6) is 0 Å². The van der Waals surface area contributed by atoms with Gasteiger partial charge in [0, 0.05) is 29.8 Å². The molecule has 118 valence electrons. The molecule has 4 heteroatoms. The minimum absolute atomic E-state index is 0.0122. The van der Waals surface area contributed by atoms with Gasteiger partial charge in [0.15, 0.2) is 0 Å². The fourth-order valence-corrected chi connectivity index (χ4v) is 3.64. The predicted molar refractivity (Wildman–Crippen MR) is 91.0 cm³/mol. The maximum atomic E-state index is 10.6. The Morgan fingerprint density at radius 1 is 1.27 bits per heavy atom. The van der Waals surface area contributed by atoms with E-state index in [4.69, 9.17) is 0 Å². The first-order chi connectivity index (χ1) is 10.6. The zero-order chi connectivity index (χ0) is 15.6. The molecule has 0 aliphatic heterocycles. The van der Waals surface area contributed by atoms with Crippen molar-refractivity contribution in [3.05, 3.63) is 52.0 Å². The van der Waals surface area contributed by atoms with Gasteiger partial charge in [-0.15, -0.1) is 11.3 Å². The summed E-state index contributed by atoms with van der Waals surface area (Å²) in [6.07, 6.45) is 1.80. The van der Waals surface area contributed by atoms with Gasteiger partial charge in [-0.3, -0.25) is 0 Å². The van der Waals surface area contributed by atoms with E-state index in [1.807, 2.05) is 30.3 Å². The summed E-state index contributed by atoms with van der Waals surface area (Å²) in [4.78, 5) is 4.65. The highest BCUT2D eigenvalue weighted by molar-refractivity contribution is 7.09. The molecule has 0 radical (unpaired) electrons. The summed E-state index contributed by atoms with van der Waals surface area (Å²) in [6, 6.07) is 10.00. The van der Waals surface area contributed by atoms with Crippen molar-refractivity contribution in [2.45, 2.75) is 45.3 Å². The number of benzene rings is 1. The molecule has 3 nitrogen and oxygen atoms in total. The molecule has 1 aromatic carbocycles. The zero-order valence-electron chi connectivity index (χ0n) is 13.2. The molecule has 0 spiro atoms. The van der Waals surface area contributed by atoms with Crippen molar-refractivity contribution in [3.8, 4) is 0 Å². The van der Waals surface area contributed by atoms with E-state index in [-0.39, 0.29) is 11.5 Å². The summed E-state index contributed by atoms with van der Waals surface area (Å²) < 4.78 is 0. The molecule has 1 fully saturated rings. The minimum atomic E-state index is -0.372. The van der Waals surface area contributed by atoms with E-state index in [2.05, 4.69) is 29.5 Å². The van der Waals surface area contributed by atoms with Crippen LogP contribution in [-0.2, 0) is 6.54 Å². The Hall–Kier alpha value is -1.23. The van der Waals surface area contributed by atoms with Crippen LogP contribution in [0.2, 0.25) is 0 Å². The number of aliphatic hydroxyl groups excluding tert-OH is 1. The van der Waals surface area contributed by atoms with Crippen LogP contribution >= 0.6 is 11.3 Å². The zero-order valence-corrected chi connectivity index (χ0v) is 14.1. The van der Waals surface area contributed by atoms with Crippen LogP contribution in [0.15, 0.2) is 35.7 Å². The number of hydrogen-bond acceptors (Lipinski definition) is 4. The molecule has 0 saturated heterocycles. The third kappa shape index (κ3) is 3.40. The Kier molecular flexibility index (Phi) is 4.62. The molecule has 1 atom stereocenters. The van der Waals surface area contributed by atoms with Crippen molar-refractivity contribution in [1.29, 1.82) is 0 Å². The van der Waals surface area contributed by atoms with Crippen LogP contribution in [0.4, 0.5) is 0 Å². The van der Waals surface area contributed by atoms with Crippen molar-refractivity contribution in [2.75, 3.05) is 6.54 Å². The Bertz CT molecular complexity index is 605. The normalized spacial score (nSPS) is 17.6. The molecular formula is C18H24N2OS. The Morgan fingerprint density at radius 2 is 2.00 bits per heavy atom. The highest BCUT2D eigenvalue weighted by Gasteiger charge is 2.48. The lowest BCUT2D eigenvalue weighted by molar-refractivity contribution is 0.0917. The summed E-state index contributed by atoms with van der Waals surface area (Å²) in [6.45, 7) is 5.97. The van der Waals surface area contributed by atoms with Crippen LogP contribution in [0, 0.1) is 5.41 Å². The number of nitrogens with one attached hydrogen (secondary N) is 1. The largest absolute Gasteiger partial charge is 0.388 e. The van der Waals surface area contributed by atoms with E-state index in [1.54, 1.807) is 11.3 Å². The second kappa shape index (κ2) is 6.49. The quantitative estimate of drug-likeness (QED) is 0.815. The van der Waals surface area contributed by atoms with Gasteiger partial charge in [0.05, 0.1) is 16.8 Å². The fourth-order valence-electron chi connectivity index (χ4n) is 2.80. The van der Waals surface area contributed by atoms with Gasteiger partial charge in [-0.2, -0.15) is 0 Å². The molecular weight excluding hydrogens is 292 g/mol. The van der Waals surface area contributed by atoms with Crippen LogP contribution in [0.25, 0.3) is 0 Å². The van der Waals surface area contributed by atoms with Crippen LogP contribution < -0.4 is 5.32 Å². The average molecular weight is 316 g/mol. The molecule has 1 unspecified atom stereocenters. The molecule has 1 aliphatic carbocycles. The van der Waals surface area contributed by atoms with E-state index in [1.165, 1.54) is 5.01 Å². The second-order valence-electron chi connectivity index (χ2n) is 6.61. The lowest BCUT2D eigenvalue weighted by atomic mass is 9.92. The van der Waals surface area contributed by atoms with Crippen LogP contribution in [0.3, 0.4) is 0 Å². The average Bonchev–Trinajstić information content (AvgIpc) is 3.16. The van der Waals surface area contributed by atoms with Crippen molar-refractivity contribution >= 4 is 11.3 Å². The molecule has 0 amide bonds. The second-order valence-corrected chi connectivity index (χ2v) is 7.50. The first kappa shape index (κ1) is 15.7. The first-order valence-corrected chi connectivity index (χ1v) is 8.87. The van der Waals surface area contributed by atoms with Gasteiger partial charge in [0.25, 0.3) is 0 Å². The lowest BCUT2D eigenvalue weighted by Crippen LogP contribution is -2.28. The lowest BCUT2D eigenvalue weighted by Gasteiger charge is -2.23. The summed E-state index contributed by atoms with van der Waals surface area (Å²) >= 11 is 1.73. The molecule has 0 bridgehead atoms. The van der Waals surface area contributed by atoms with Gasteiger partial charge in [-0.05, 0) is 18.4 Å². The Morgan fingerprint density at radius 3 is 2.59 bits per heavy atom. The predicted octanol–water partition coefficient (Wildman–Crippen LogP) is 3.87. The van der Waals surface area contributed by atoms with E-state index in [9.17, 15) is 5.11 Å². The maximum absolute atomic E-state index is 10.6. The van der Waals surface area contributed by atoms with Crippen molar-refractivity contribution in [3.63, 3.8) is 0 Å². The number of nitrogens with zero attached hydrogens (tertiary/aromatic N) is 1. The Labute approximate surface area is 136 Å². The van der Waals surface area contributed by atoms with E-state index in [0.717, 1.165) is 37.2 Å². The highest BCUT2D eigenvalue weighted by atomic mass is 32.1.